The summed E-state index contributed by atoms with van der Waals surface area (Å²) in [5, 5.41) is 13.4. The molecule has 0 aromatic heterocycles. The zero-order valence-corrected chi connectivity index (χ0v) is 10.5. The number of aliphatic hydroxyl groups excluding tert-OH is 1. The molecule has 3 atom stereocenters. The van der Waals surface area contributed by atoms with Gasteiger partial charge in [-0.15, -0.1) is 0 Å². The Bertz CT molecular complexity index is 247. The van der Waals surface area contributed by atoms with Gasteiger partial charge in [0.05, 0.1) is 6.10 Å². The molecule has 2 aliphatic rings. The predicted octanol–water partition coefficient (Wildman–Crippen LogP) is 2.31. The van der Waals surface area contributed by atoms with Crippen LogP contribution in [-0.2, 0) is 0 Å². The minimum atomic E-state index is -0.107. The quantitative estimate of drug-likeness (QED) is 0.734. The van der Waals surface area contributed by atoms with Gasteiger partial charge in [-0.25, -0.2) is 0 Å². The van der Waals surface area contributed by atoms with Crippen molar-refractivity contribution >= 4 is 0 Å². The van der Waals surface area contributed by atoms with Gasteiger partial charge in [-0.2, -0.15) is 0 Å². The molecule has 2 aliphatic carbocycles. The van der Waals surface area contributed by atoms with Crippen LogP contribution < -0.4 is 5.32 Å². The summed E-state index contributed by atoms with van der Waals surface area (Å²) in [5.41, 5.74) is 0.594. The zero-order valence-electron chi connectivity index (χ0n) is 10.5. The molecule has 0 bridgehead atoms. The molecular formula is C13H25NO. The minimum Gasteiger partial charge on any atom is -0.392 e. The van der Waals surface area contributed by atoms with E-state index >= 15 is 0 Å². The number of nitrogens with one attached hydrogen (secondary N) is 1. The third-order valence-corrected chi connectivity index (χ3v) is 4.62. The Morgan fingerprint density at radius 2 is 1.87 bits per heavy atom. The highest BCUT2D eigenvalue weighted by Crippen LogP contribution is 2.43. The van der Waals surface area contributed by atoms with Crippen LogP contribution in [0.15, 0.2) is 0 Å². The third-order valence-electron chi connectivity index (χ3n) is 4.62. The second kappa shape index (κ2) is 3.46. The normalized spacial score (nSPS) is 42.6. The van der Waals surface area contributed by atoms with Crippen molar-refractivity contribution in [3.05, 3.63) is 0 Å². The van der Waals surface area contributed by atoms with Crippen molar-refractivity contribution in [1.82, 2.24) is 5.32 Å². The second-order valence-corrected chi connectivity index (χ2v) is 6.90. The molecular weight excluding hydrogens is 186 g/mol. The van der Waals surface area contributed by atoms with Crippen LogP contribution >= 0.6 is 0 Å². The first kappa shape index (κ1) is 11.4. The number of hydrogen-bond acceptors (Lipinski definition) is 2. The highest BCUT2D eigenvalue weighted by Gasteiger charge is 2.48. The van der Waals surface area contributed by atoms with Crippen molar-refractivity contribution in [3.8, 4) is 0 Å². The monoisotopic (exact) mass is 211 g/mol. The smallest absolute Gasteiger partial charge is 0.0621 e. The molecule has 2 N–H and O–H groups in total. The summed E-state index contributed by atoms with van der Waals surface area (Å²) in [7, 11) is 0. The molecule has 2 rings (SSSR count). The fourth-order valence-electron chi connectivity index (χ4n) is 3.05. The van der Waals surface area contributed by atoms with E-state index in [1.165, 1.54) is 19.3 Å². The van der Waals surface area contributed by atoms with Gasteiger partial charge in [0.1, 0.15) is 0 Å². The SMILES string of the molecule is CC1(C)CCC(NC2CC(O)C2(C)C)C1. The van der Waals surface area contributed by atoms with E-state index in [0.717, 1.165) is 6.42 Å². The van der Waals surface area contributed by atoms with E-state index in [9.17, 15) is 5.11 Å². The van der Waals surface area contributed by atoms with Gasteiger partial charge in [-0.05, 0) is 31.1 Å². The maximum absolute atomic E-state index is 9.68. The Labute approximate surface area is 93.5 Å². The van der Waals surface area contributed by atoms with E-state index in [2.05, 4.69) is 33.0 Å². The second-order valence-electron chi connectivity index (χ2n) is 6.90. The van der Waals surface area contributed by atoms with Gasteiger partial charge in [-0.1, -0.05) is 27.7 Å². The van der Waals surface area contributed by atoms with Gasteiger partial charge in [0.2, 0.25) is 0 Å². The Morgan fingerprint density at radius 1 is 1.20 bits per heavy atom. The fraction of sp³-hybridized carbons (Fsp3) is 1.00. The highest BCUT2D eigenvalue weighted by molar-refractivity contribution is 5.03. The molecule has 3 unspecified atom stereocenters. The van der Waals surface area contributed by atoms with Gasteiger partial charge in [-0.3, -0.25) is 0 Å². The van der Waals surface area contributed by atoms with Crippen molar-refractivity contribution in [3.63, 3.8) is 0 Å². The third kappa shape index (κ3) is 2.07. The van der Waals surface area contributed by atoms with Gasteiger partial charge in [0.15, 0.2) is 0 Å². The molecule has 0 aromatic rings. The average Bonchev–Trinajstić information content (AvgIpc) is 2.45. The average molecular weight is 211 g/mol. The molecule has 0 aromatic carbocycles. The first-order valence-electron chi connectivity index (χ1n) is 6.25. The number of rotatable bonds is 2. The van der Waals surface area contributed by atoms with Crippen LogP contribution in [0.4, 0.5) is 0 Å². The van der Waals surface area contributed by atoms with Crippen LogP contribution in [0.5, 0.6) is 0 Å². The summed E-state index contributed by atoms with van der Waals surface area (Å²) in [5.74, 6) is 0. The van der Waals surface area contributed by atoms with E-state index in [1.54, 1.807) is 0 Å². The fourth-order valence-corrected chi connectivity index (χ4v) is 3.05. The first-order chi connectivity index (χ1) is 6.81. The van der Waals surface area contributed by atoms with Crippen LogP contribution in [0.2, 0.25) is 0 Å². The summed E-state index contributed by atoms with van der Waals surface area (Å²) in [6, 6.07) is 1.20. The molecule has 0 amide bonds. The molecule has 15 heavy (non-hydrogen) atoms. The largest absolute Gasteiger partial charge is 0.392 e. The molecule has 88 valence electrons. The molecule has 2 nitrogen and oxygen atoms in total. The predicted molar refractivity (Wildman–Crippen MR) is 62.7 cm³/mol. The Balaban J connectivity index is 1.85. The van der Waals surface area contributed by atoms with Crippen LogP contribution in [-0.4, -0.2) is 23.3 Å². The van der Waals surface area contributed by atoms with Crippen LogP contribution in [0.1, 0.15) is 53.4 Å². The molecule has 2 fully saturated rings. The number of aliphatic hydroxyl groups is 1. The maximum Gasteiger partial charge on any atom is 0.0621 e. The molecule has 2 heteroatoms. The molecule has 2 saturated carbocycles. The van der Waals surface area contributed by atoms with Gasteiger partial charge < -0.3 is 10.4 Å². The highest BCUT2D eigenvalue weighted by atomic mass is 16.3. The summed E-state index contributed by atoms with van der Waals surface area (Å²) < 4.78 is 0. The first-order valence-corrected chi connectivity index (χ1v) is 6.25. The lowest BCUT2D eigenvalue weighted by atomic mass is 9.64. The standard InChI is InChI=1S/C13H25NO/c1-12(2)6-5-9(8-12)14-10-7-11(15)13(10,3)4/h9-11,14-15H,5-8H2,1-4H3. The van der Waals surface area contributed by atoms with Gasteiger partial charge in [0.25, 0.3) is 0 Å². The Kier molecular flexibility index (Phi) is 2.63. The van der Waals surface area contributed by atoms with Crippen molar-refractivity contribution in [2.45, 2.75) is 71.6 Å². The zero-order chi connectivity index (χ0) is 11.3. The molecule has 0 heterocycles. The minimum absolute atomic E-state index is 0.0761. The number of hydrogen-bond donors (Lipinski definition) is 2. The lowest BCUT2D eigenvalue weighted by Gasteiger charge is -2.50. The molecule has 0 radical (unpaired) electrons. The van der Waals surface area contributed by atoms with Crippen LogP contribution in [0, 0.1) is 10.8 Å². The summed E-state index contributed by atoms with van der Waals surface area (Å²) >= 11 is 0. The van der Waals surface area contributed by atoms with Crippen molar-refractivity contribution in [2.24, 2.45) is 10.8 Å². The topological polar surface area (TPSA) is 32.3 Å². The Morgan fingerprint density at radius 3 is 2.27 bits per heavy atom. The lowest BCUT2D eigenvalue weighted by Crippen LogP contribution is -2.61. The van der Waals surface area contributed by atoms with E-state index in [0.29, 0.717) is 17.5 Å². The summed E-state index contributed by atoms with van der Waals surface area (Å²) in [6.07, 6.45) is 4.75. The van der Waals surface area contributed by atoms with Crippen LogP contribution in [0.3, 0.4) is 0 Å². The molecule has 0 aliphatic heterocycles. The van der Waals surface area contributed by atoms with E-state index in [4.69, 9.17) is 0 Å². The van der Waals surface area contributed by atoms with E-state index in [1.807, 2.05) is 0 Å². The Hall–Kier alpha value is -0.0800. The van der Waals surface area contributed by atoms with Gasteiger partial charge >= 0.3 is 0 Å². The molecule has 0 saturated heterocycles. The van der Waals surface area contributed by atoms with Crippen LogP contribution in [0.25, 0.3) is 0 Å². The maximum atomic E-state index is 9.68. The van der Waals surface area contributed by atoms with Crippen molar-refractivity contribution in [2.75, 3.05) is 0 Å². The van der Waals surface area contributed by atoms with E-state index < -0.39 is 0 Å². The van der Waals surface area contributed by atoms with E-state index in [-0.39, 0.29) is 11.5 Å². The van der Waals surface area contributed by atoms with Gasteiger partial charge in [0, 0.05) is 17.5 Å². The summed E-state index contributed by atoms with van der Waals surface area (Å²) in [4.78, 5) is 0. The molecule has 0 spiro atoms. The lowest BCUT2D eigenvalue weighted by molar-refractivity contribution is -0.0759. The van der Waals surface area contributed by atoms with Crippen molar-refractivity contribution < 1.29 is 5.11 Å². The summed E-state index contributed by atoms with van der Waals surface area (Å²) in [6.45, 7) is 9.04. The van der Waals surface area contributed by atoms with Crippen molar-refractivity contribution in [1.29, 1.82) is 0 Å².